The van der Waals surface area contributed by atoms with Crippen molar-refractivity contribution in [2.75, 3.05) is 0 Å². The van der Waals surface area contributed by atoms with E-state index in [9.17, 15) is 0 Å². The van der Waals surface area contributed by atoms with Gasteiger partial charge in [0.1, 0.15) is 0 Å². The van der Waals surface area contributed by atoms with Crippen LogP contribution in [0.15, 0.2) is 17.4 Å². The van der Waals surface area contributed by atoms with Gasteiger partial charge < -0.3 is 0 Å². The van der Waals surface area contributed by atoms with E-state index in [1.54, 1.807) is 5.57 Å². The zero-order chi connectivity index (χ0) is 7.90. The van der Waals surface area contributed by atoms with Crippen LogP contribution in [-0.4, -0.2) is 0 Å². The molecular formula is C11H16. The van der Waals surface area contributed by atoms with E-state index in [2.05, 4.69) is 25.7 Å². The molecule has 0 aromatic heterocycles. The maximum absolute atomic E-state index is 3.41. The van der Waals surface area contributed by atoms with E-state index in [0.29, 0.717) is 5.41 Å². The summed E-state index contributed by atoms with van der Waals surface area (Å²) in [5.41, 5.74) is 5.59. The fourth-order valence-electron chi connectivity index (χ4n) is 2.47. The second-order valence-corrected chi connectivity index (χ2v) is 4.12. The van der Waals surface area contributed by atoms with Crippen molar-refractivity contribution >= 4 is 0 Å². The lowest BCUT2D eigenvalue weighted by Crippen LogP contribution is -2.07. The molecule has 0 aliphatic heterocycles. The van der Waals surface area contributed by atoms with Crippen molar-refractivity contribution in [1.29, 1.82) is 0 Å². The number of allylic oxidation sites excluding steroid dienone is 1. The zero-order valence-electron chi connectivity index (χ0n) is 7.48. The molecule has 2 atom stereocenters. The highest BCUT2D eigenvalue weighted by atomic mass is 14.6. The van der Waals surface area contributed by atoms with Crippen LogP contribution in [0.4, 0.5) is 0 Å². The predicted molar refractivity (Wildman–Crippen MR) is 47.3 cm³/mol. The Kier molecular flexibility index (Phi) is 1.47. The third-order valence-corrected chi connectivity index (χ3v) is 3.40. The fourth-order valence-corrected chi connectivity index (χ4v) is 2.47. The predicted octanol–water partition coefficient (Wildman–Crippen LogP) is 3.30. The first kappa shape index (κ1) is 7.18. The minimum Gasteiger partial charge on any atom is -0.126 e. The van der Waals surface area contributed by atoms with Crippen LogP contribution in [-0.2, 0) is 0 Å². The zero-order valence-corrected chi connectivity index (χ0v) is 7.48. The van der Waals surface area contributed by atoms with Gasteiger partial charge in [0.15, 0.2) is 0 Å². The molecule has 0 radical (unpaired) electrons. The minimum atomic E-state index is 0.588. The van der Waals surface area contributed by atoms with E-state index in [1.807, 2.05) is 0 Å². The highest BCUT2D eigenvalue weighted by Crippen LogP contribution is 2.63. The SMILES string of the molecule is CC=C=C1CCCC2CC12C. The summed E-state index contributed by atoms with van der Waals surface area (Å²) in [5.74, 6) is 1.01. The van der Waals surface area contributed by atoms with Gasteiger partial charge in [-0.05, 0) is 55.6 Å². The van der Waals surface area contributed by atoms with Gasteiger partial charge in [-0.1, -0.05) is 6.92 Å². The van der Waals surface area contributed by atoms with Crippen molar-refractivity contribution in [3.8, 4) is 0 Å². The van der Waals surface area contributed by atoms with E-state index < -0.39 is 0 Å². The summed E-state index contributed by atoms with van der Waals surface area (Å²) in [7, 11) is 0. The van der Waals surface area contributed by atoms with Gasteiger partial charge in [0.25, 0.3) is 0 Å². The standard InChI is InChI=1S/C11H16/c1-3-5-9-6-4-7-10-8-11(9,10)2/h3,10H,4,6-8H2,1-2H3. The van der Waals surface area contributed by atoms with Crippen LogP contribution in [0.25, 0.3) is 0 Å². The van der Waals surface area contributed by atoms with Crippen molar-refractivity contribution in [1.82, 2.24) is 0 Å². The normalized spacial score (nSPS) is 40.9. The molecule has 2 rings (SSSR count). The number of fused-ring (bicyclic) bond motifs is 1. The van der Waals surface area contributed by atoms with Crippen molar-refractivity contribution in [3.05, 3.63) is 17.4 Å². The van der Waals surface area contributed by atoms with E-state index in [1.165, 1.54) is 25.7 Å². The first-order chi connectivity index (χ1) is 5.27. The Hall–Kier alpha value is -0.480. The summed E-state index contributed by atoms with van der Waals surface area (Å²) in [6.45, 7) is 4.48. The van der Waals surface area contributed by atoms with Crippen molar-refractivity contribution in [3.63, 3.8) is 0 Å². The molecular weight excluding hydrogens is 132 g/mol. The number of hydrogen-bond acceptors (Lipinski definition) is 0. The average Bonchev–Trinajstić information content (AvgIpc) is 2.63. The molecule has 2 unspecified atom stereocenters. The van der Waals surface area contributed by atoms with Crippen molar-refractivity contribution in [2.24, 2.45) is 11.3 Å². The molecule has 0 heterocycles. The summed E-state index contributed by atoms with van der Waals surface area (Å²) in [4.78, 5) is 0. The molecule has 0 N–H and O–H groups in total. The van der Waals surface area contributed by atoms with Crippen LogP contribution in [0.2, 0.25) is 0 Å². The maximum Gasteiger partial charge on any atom is -0.000917 e. The Bertz CT molecular complexity index is 230. The summed E-state index contributed by atoms with van der Waals surface area (Å²) in [6, 6.07) is 0. The van der Waals surface area contributed by atoms with Gasteiger partial charge in [0, 0.05) is 0 Å². The molecule has 2 aliphatic carbocycles. The fraction of sp³-hybridized carbons (Fsp3) is 0.727. The Morgan fingerprint density at radius 3 is 3.18 bits per heavy atom. The second-order valence-electron chi connectivity index (χ2n) is 4.12. The van der Waals surface area contributed by atoms with E-state index >= 15 is 0 Å². The van der Waals surface area contributed by atoms with Crippen LogP contribution in [0, 0.1) is 11.3 Å². The lowest BCUT2D eigenvalue weighted by molar-refractivity contribution is 0.468. The summed E-state index contributed by atoms with van der Waals surface area (Å²) < 4.78 is 0. The first-order valence-electron chi connectivity index (χ1n) is 4.68. The quantitative estimate of drug-likeness (QED) is 0.462. The number of hydrogen-bond donors (Lipinski definition) is 0. The summed E-state index contributed by atoms with van der Waals surface area (Å²) in [6.07, 6.45) is 7.67. The highest BCUT2D eigenvalue weighted by Gasteiger charge is 2.53. The van der Waals surface area contributed by atoms with Crippen LogP contribution in [0.3, 0.4) is 0 Å². The monoisotopic (exact) mass is 148 g/mol. The van der Waals surface area contributed by atoms with Crippen molar-refractivity contribution in [2.45, 2.75) is 39.5 Å². The Morgan fingerprint density at radius 1 is 1.64 bits per heavy atom. The van der Waals surface area contributed by atoms with Gasteiger partial charge in [0.2, 0.25) is 0 Å². The maximum atomic E-state index is 3.41. The van der Waals surface area contributed by atoms with E-state index in [4.69, 9.17) is 0 Å². The van der Waals surface area contributed by atoms with Crippen LogP contribution < -0.4 is 0 Å². The molecule has 0 aromatic rings. The lowest BCUT2D eigenvalue weighted by Gasteiger charge is -2.19. The molecule has 0 heteroatoms. The van der Waals surface area contributed by atoms with Gasteiger partial charge in [-0.15, -0.1) is 5.73 Å². The van der Waals surface area contributed by atoms with Gasteiger partial charge in [0.05, 0.1) is 0 Å². The molecule has 11 heavy (non-hydrogen) atoms. The molecule has 2 aliphatic rings. The minimum absolute atomic E-state index is 0.588. The summed E-state index contributed by atoms with van der Waals surface area (Å²) >= 11 is 0. The Morgan fingerprint density at radius 2 is 2.45 bits per heavy atom. The number of rotatable bonds is 0. The smallest absolute Gasteiger partial charge is 0.000917 e. The van der Waals surface area contributed by atoms with Crippen LogP contribution in [0.5, 0.6) is 0 Å². The summed E-state index contributed by atoms with van der Waals surface area (Å²) in [5, 5.41) is 0. The molecule has 0 aromatic carbocycles. The lowest BCUT2D eigenvalue weighted by atomic mass is 9.85. The van der Waals surface area contributed by atoms with Crippen LogP contribution >= 0.6 is 0 Å². The third kappa shape index (κ3) is 0.973. The van der Waals surface area contributed by atoms with Gasteiger partial charge in [-0.25, -0.2) is 0 Å². The Balaban J connectivity index is 2.28. The van der Waals surface area contributed by atoms with E-state index in [0.717, 1.165) is 5.92 Å². The molecule has 2 fully saturated rings. The molecule has 0 saturated heterocycles. The molecule has 0 amide bonds. The molecule has 0 spiro atoms. The molecule has 0 nitrogen and oxygen atoms in total. The van der Waals surface area contributed by atoms with Gasteiger partial charge in [-0.2, -0.15) is 0 Å². The molecule has 60 valence electrons. The second kappa shape index (κ2) is 2.25. The van der Waals surface area contributed by atoms with E-state index in [-0.39, 0.29) is 0 Å². The molecule has 2 saturated carbocycles. The highest BCUT2D eigenvalue weighted by molar-refractivity contribution is 5.25. The van der Waals surface area contributed by atoms with Gasteiger partial charge >= 0.3 is 0 Å². The van der Waals surface area contributed by atoms with Crippen LogP contribution in [0.1, 0.15) is 39.5 Å². The van der Waals surface area contributed by atoms with Crippen molar-refractivity contribution < 1.29 is 0 Å². The van der Waals surface area contributed by atoms with Gasteiger partial charge in [-0.3, -0.25) is 0 Å². The average molecular weight is 148 g/mol. The molecule has 0 bridgehead atoms. The first-order valence-corrected chi connectivity index (χ1v) is 4.68. The third-order valence-electron chi connectivity index (χ3n) is 3.40. The largest absolute Gasteiger partial charge is 0.126 e. The Labute approximate surface area is 69.0 Å². The topological polar surface area (TPSA) is 0 Å².